The topological polar surface area (TPSA) is 55.1 Å². The third-order valence-electron chi connectivity index (χ3n) is 1.25. The molecule has 0 bridgehead atoms. The lowest BCUT2D eigenvalue weighted by Gasteiger charge is -2.05. The first-order valence-electron chi connectivity index (χ1n) is 3.21. The van der Waals surface area contributed by atoms with Crippen molar-refractivity contribution in [2.24, 2.45) is 5.73 Å². The third kappa shape index (κ3) is 2.38. The van der Waals surface area contributed by atoms with Crippen LogP contribution in [0.25, 0.3) is 0 Å². The van der Waals surface area contributed by atoms with Crippen molar-refractivity contribution in [3.05, 3.63) is 28.2 Å². The van der Waals surface area contributed by atoms with Gasteiger partial charge in [-0.2, -0.15) is 0 Å². The molecule has 13 heavy (non-hydrogen) atoms. The summed E-state index contributed by atoms with van der Waals surface area (Å²) in [5.74, 6) is -1.59. The molecule has 1 aromatic rings. The normalized spacial score (nSPS) is 9.77. The van der Waals surface area contributed by atoms with E-state index in [2.05, 4.69) is 21.2 Å². The second kappa shape index (κ2) is 3.69. The van der Waals surface area contributed by atoms with E-state index >= 15 is 0 Å². The molecule has 3 nitrogen and oxygen atoms in total. The van der Waals surface area contributed by atoms with Gasteiger partial charge < -0.3 is 11.1 Å². The number of nitrogens with two attached hydrogens (primary N) is 1. The Balaban J connectivity index is 3.12. The lowest BCUT2D eigenvalue weighted by Crippen LogP contribution is -2.19. The number of nitrogens with one attached hydrogen (secondary N) is 1. The van der Waals surface area contributed by atoms with Gasteiger partial charge in [-0.25, -0.2) is 13.6 Å². The number of amides is 2. The fourth-order valence-electron chi connectivity index (χ4n) is 0.780. The molecule has 0 aromatic heterocycles. The van der Waals surface area contributed by atoms with Crippen LogP contribution >= 0.6 is 15.9 Å². The van der Waals surface area contributed by atoms with Crippen LogP contribution in [0.4, 0.5) is 19.3 Å². The molecule has 0 radical (unpaired) electrons. The number of rotatable bonds is 1. The van der Waals surface area contributed by atoms with Crippen LogP contribution in [-0.2, 0) is 0 Å². The van der Waals surface area contributed by atoms with Crippen molar-refractivity contribution in [3.63, 3.8) is 0 Å². The van der Waals surface area contributed by atoms with Crippen LogP contribution in [0.3, 0.4) is 0 Å². The molecule has 0 aliphatic rings. The number of carbonyl (C=O) groups excluding carboxylic acids is 1. The standard InChI is InChI=1S/C7H5BrF2N2O/c8-6-4(10)1-3(9)2-5(6)12-7(11)13/h1-2H,(H3,11,12,13). The SMILES string of the molecule is NC(=O)Nc1cc(F)cc(F)c1Br. The number of primary amides is 1. The van der Waals surface area contributed by atoms with Crippen molar-refractivity contribution in [1.82, 2.24) is 0 Å². The highest BCUT2D eigenvalue weighted by atomic mass is 79.9. The Hall–Kier alpha value is -1.17. The molecule has 0 saturated carbocycles. The highest BCUT2D eigenvalue weighted by Crippen LogP contribution is 2.26. The first-order chi connectivity index (χ1) is 6.00. The zero-order chi connectivity index (χ0) is 10.0. The molecular formula is C7H5BrF2N2O. The molecule has 0 saturated heterocycles. The Labute approximate surface area is 81.0 Å². The van der Waals surface area contributed by atoms with Crippen molar-refractivity contribution < 1.29 is 13.6 Å². The van der Waals surface area contributed by atoms with Gasteiger partial charge in [-0.1, -0.05) is 0 Å². The second-order valence-electron chi connectivity index (χ2n) is 2.24. The van der Waals surface area contributed by atoms with E-state index in [0.717, 1.165) is 6.07 Å². The van der Waals surface area contributed by atoms with E-state index < -0.39 is 17.7 Å². The highest BCUT2D eigenvalue weighted by molar-refractivity contribution is 9.10. The molecule has 0 heterocycles. The van der Waals surface area contributed by atoms with Gasteiger partial charge in [0.2, 0.25) is 0 Å². The van der Waals surface area contributed by atoms with Gasteiger partial charge in [0, 0.05) is 6.07 Å². The number of hydrogen-bond donors (Lipinski definition) is 2. The summed E-state index contributed by atoms with van der Waals surface area (Å²) in [7, 11) is 0. The summed E-state index contributed by atoms with van der Waals surface area (Å²) in [5, 5.41) is 2.07. The highest BCUT2D eigenvalue weighted by Gasteiger charge is 2.09. The van der Waals surface area contributed by atoms with Crippen LogP contribution in [-0.4, -0.2) is 6.03 Å². The molecule has 0 spiro atoms. The van der Waals surface area contributed by atoms with E-state index in [4.69, 9.17) is 5.73 Å². The van der Waals surface area contributed by atoms with Crippen molar-refractivity contribution in [2.45, 2.75) is 0 Å². The molecule has 2 amide bonds. The van der Waals surface area contributed by atoms with E-state index in [-0.39, 0.29) is 10.2 Å². The van der Waals surface area contributed by atoms with E-state index in [1.54, 1.807) is 0 Å². The van der Waals surface area contributed by atoms with Crippen LogP contribution in [0, 0.1) is 11.6 Å². The van der Waals surface area contributed by atoms with E-state index in [9.17, 15) is 13.6 Å². The number of urea groups is 1. The summed E-state index contributed by atoms with van der Waals surface area (Å²) >= 11 is 2.83. The van der Waals surface area contributed by atoms with Crippen molar-refractivity contribution in [3.8, 4) is 0 Å². The molecule has 0 unspecified atom stereocenters. The Morgan fingerprint density at radius 3 is 2.62 bits per heavy atom. The van der Waals surface area contributed by atoms with Gasteiger partial charge in [0.05, 0.1) is 10.2 Å². The van der Waals surface area contributed by atoms with E-state index in [1.807, 2.05) is 0 Å². The molecule has 0 atom stereocenters. The summed E-state index contributed by atoms with van der Waals surface area (Å²) in [5.41, 5.74) is 4.74. The Morgan fingerprint density at radius 2 is 2.08 bits per heavy atom. The largest absolute Gasteiger partial charge is 0.351 e. The molecule has 0 aliphatic carbocycles. The predicted octanol–water partition coefficient (Wildman–Crippen LogP) is 2.22. The van der Waals surface area contributed by atoms with Crippen LogP contribution in [0.2, 0.25) is 0 Å². The van der Waals surface area contributed by atoms with Gasteiger partial charge in [0.15, 0.2) is 0 Å². The van der Waals surface area contributed by atoms with E-state index in [0.29, 0.717) is 6.07 Å². The Kier molecular flexibility index (Phi) is 2.82. The van der Waals surface area contributed by atoms with Crippen molar-refractivity contribution >= 4 is 27.6 Å². The van der Waals surface area contributed by atoms with Crippen molar-refractivity contribution in [1.29, 1.82) is 0 Å². The average molecular weight is 251 g/mol. The number of benzene rings is 1. The van der Waals surface area contributed by atoms with Crippen LogP contribution in [0.1, 0.15) is 0 Å². The minimum absolute atomic E-state index is 0.0345. The average Bonchev–Trinajstić information content (AvgIpc) is 1.98. The maximum absolute atomic E-state index is 12.8. The summed E-state index contributed by atoms with van der Waals surface area (Å²) in [4.78, 5) is 10.4. The predicted molar refractivity (Wildman–Crippen MR) is 47.3 cm³/mol. The number of anilines is 1. The lowest BCUT2D eigenvalue weighted by atomic mass is 10.3. The summed E-state index contributed by atoms with van der Waals surface area (Å²) < 4.78 is 25.4. The quantitative estimate of drug-likeness (QED) is 0.738. The van der Waals surface area contributed by atoms with Gasteiger partial charge in [-0.15, -0.1) is 0 Å². The first-order valence-corrected chi connectivity index (χ1v) is 4.01. The van der Waals surface area contributed by atoms with Gasteiger partial charge in [0.25, 0.3) is 0 Å². The molecule has 1 rings (SSSR count). The molecular weight excluding hydrogens is 246 g/mol. The first kappa shape index (κ1) is 9.91. The Bertz CT molecular complexity index is 357. The van der Waals surface area contributed by atoms with Crippen molar-refractivity contribution in [2.75, 3.05) is 5.32 Å². The maximum atomic E-state index is 12.8. The molecule has 1 aromatic carbocycles. The molecule has 70 valence electrons. The van der Waals surface area contributed by atoms with Gasteiger partial charge in [-0.05, 0) is 22.0 Å². The summed E-state index contributed by atoms with van der Waals surface area (Å²) in [6.45, 7) is 0. The lowest BCUT2D eigenvalue weighted by molar-refractivity contribution is 0.259. The maximum Gasteiger partial charge on any atom is 0.316 e. The minimum atomic E-state index is -0.884. The minimum Gasteiger partial charge on any atom is -0.351 e. The summed E-state index contributed by atoms with van der Waals surface area (Å²) in [6, 6.07) is 0.763. The fourth-order valence-corrected chi connectivity index (χ4v) is 1.11. The number of halogens is 3. The second-order valence-corrected chi connectivity index (χ2v) is 3.03. The smallest absolute Gasteiger partial charge is 0.316 e. The monoisotopic (exact) mass is 250 g/mol. The Morgan fingerprint density at radius 1 is 1.46 bits per heavy atom. The molecule has 3 N–H and O–H groups in total. The number of carbonyl (C=O) groups is 1. The number of hydrogen-bond acceptors (Lipinski definition) is 1. The zero-order valence-electron chi connectivity index (χ0n) is 6.27. The molecule has 0 fully saturated rings. The van der Waals surface area contributed by atoms with Gasteiger partial charge in [0.1, 0.15) is 11.6 Å². The molecule has 0 aliphatic heterocycles. The fraction of sp³-hybridized carbons (Fsp3) is 0. The van der Waals surface area contributed by atoms with Crippen LogP contribution in [0.5, 0.6) is 0 Å². The third-order valence-corrected chi connectivity index (χ3v) is 2.06. The summed E-state index contributed by atoms with van der Waals surface area (Å²) in [6.07, 6.45) is 0. The molecule has 6 heteroatoms. The van der Waals surface area contributed by atoms with Crippen LogP contribution < -0.4 is 11.1 Å². The van der Waals surface area contributed by atoms with Gasteiger partial charge in [-0.3, -0.25) is 0 Å². The van der Waals surface area contributed by atoms with Crippen LogP contribution in [0.15, 0.2) is 16.6 Å². The zero-order valence-corrected chi connectivity index (χ0v) is 7.86. The van der Waals surface area contributed by atoms with E-state index in [1.165, 1.54) is 0 Å². The van der Waals surface area contributed by atoms with Gasteiger partial charge >= 0.3 is 6.03 Å².